The predicted molar refractivity (Wildman–Crippen MR) is 104 cm³/mol. The molecule has 1 fully saturated rings. The molecule has 0 radical (unpaired) electrons. The largest absolute Gasteiger partial charge is 0.326 e. The molecule has 5 nitrogen and oxygen atoms in total. The van der Waals surface area contributed by atoms with E-state index in [0.29, 0.717) is 11.4 Å². The van der Waals surface area contributed by atoms with Crippen LogP contribution in [-0.2, 0) is 14.8 Å². The molecule has 6 heteroatoms. The second-order valence-electron chi connectivity index (χ2n) is 6.98. The van der Waals surface area contributed by atoms with Crippen molar-refractivity contribution in [3.8, 4) is 0 Å². The number of rotatable bonds is 5. The van der Waals surface area contributed by atoms with Gasteiger partial charge in [-0.3, -0.25) is 9.52 Å². The van der Waals surface area contributed by atoms with Gasteiger partial charge in [-0.25, -0.2) is 8.42 Å². The summed E-state index contributed by atoms with van der Waals surface area (Å²) in [4.78, 5) is 12.3. The van der Waals surface area contributed by atoms with E-state index in [0.717, 1.165) is 36.8 Å². The van der Waals surface area contributed by atoms with E-state index in [1.807, 2.05) is 19.9 Å². The Morgan fingerprint density at radius 2 is 1.50 bits per heavy atom. The maximum atomic E-state index is 12.6. The van der Waals surface area contributed by atoms with Gasteiger partial charge in [0.25, 0.3) is 10.0 Å². The molecule has 1 amide bonds. The molecule has 2 aromatic carbocycles. The Hall–Kier alpha value is -2.34. The molecule has 2 N–H and O–H groups in total. The summed E-state index contributed by atoms with van der Waals surface area (Å²) in [6, 6.07) is 11.8. The van der Waals surface area contributed by atoms with Gasteiger partial charge in [-0.1, -0.05) is 18.9 Å². The van der Waals surface area contributed by atoms with Crippen molar-refractivity contribution in [3.05, 3.63) is 53.6 Å². The molecule has 1 aliphatic rings. The summed E-state index contributed by atoms with van der Waals surface area (Å²) in [6.45, 7) is 3.85. The van der Waals surface area contributed by atoms with Crippen LogP contribution in [0.2, 0.25) is 0 Å². The molecule has 0 atom stereocenters. The van der Waals surface area contributed by atoms with Crippen LogP contribution in [-0.4, -0.2) is 14.3 Å². The number of nitrogens with one attached hydrogen (secondary N) is 2. The van der Waals surface area contributed by atoms with Gasteiger partial charge in [-0.2, -0.15) is 0 Å². The molecule has 1 saturated carbocycles. The number of carbonyl (C=O) groups is 1. The molecule has 0 aromatic heterocycles. The van der Waals surface area contributed by atoms with Gasteiger partial charge >= 0.3 is 0 Å². The van der Waals surface area contributed by atoms with Crippen LogP contribution in [0.25, 0.3) is 0 Å². The quantitative estimate of drug-likeness (QED) is 0.824. The highest BCUT2D eigenvalue weighted by atomic mass is 32.2. The normalized spacial score (nSPS) is 15.0. The molecule has 0 spiro atoms. The van der Waals surface area contributed by atoms with Crippen molar-refractivity contribution in [1.29, 1.82) is 0 Å². The molecular formula is C20H24N2O3S. The molecule has 138 valence electrons. The van der Waals surface area contributed by atoms with Crippen LogP contribution >= 0.6 is 0 Å². The predicted octanol–water partition coefficient (Wildman–Crippen LogP) is 4.23. The highest BCUT2D eigenvalue weighted by molar-refractivity contribution is 7.92. The molecule has 0 unspecified atom stereocenters. The number of hydrogen-bond acceptors (Lipinski definition) is 3. The van der Waals surface area contributed by atoms with E-state index in [1.54, 1.807) is 24.3 Å². The lowest BCUT2D eigenvalue weighted by molar-refractivity contribution is -0.119. The average Bonchev–Trinajstić information content (AvgIpc) is 3.08. The van der Waals surface area contributed by atoms with Crippen molar-refractivity contribution in [1.82, 2.24) is 0 Å². The second-order valence-corrected chi connectivity index (χ2v) is 8.66. The molecule has 3 rings (SSSR count). The third kappa shape index (κ3) is 4.43. The fourth-order valence-corrected chi connectivity index (χ4v) is 4.44. The Morgan fingerprint density at radius 3 is 2.08 bits per heavy atom. The maximum absolute atomic E-state index is 12.6. The van der Waals surface area contributed by atoms with E-state index in [4.69, 9.17) is 0 Å². The Balaban J connectivity index is 1.71. The van der Waals surface area contributed by atoms with Crippen molar-refractivity contribution in [2.75, 3.05) is 10.0 Å². The van der Waals surface area contributed by atoms with Crippen LogP contribution in [0.1, 0.15) is 36.8 Å². The molecule has 0 heterocycles. The van der Waals surface area contributed by atoms with Crippen molar-refractivity contribution in [2.45, 2.75) is 44.4 Å². The number of carbonyl (C=O) groups excluding carboxylic acids is 1. The molecule has 0 bridgehead atoms. The first kappa shape index (κ1) is 18.5. The summed E-state index contributed by atoms with van der Waals surface area (Å²) in [7, 11) is -3.67. The van der Waals surface area contributed by atoms with Crippen LogP contribution in [0.15, 0.2) is 47.4 Å². The summed E-state index contributed by atoms with van der Waals surface area (Å²) in [5.41, 5.74) is 3.15. The fourth-order valence-electron chi connectivity index (χ4n) is 3.40. The van der Waals surface area contributed by atoms with Gasteiger partial charge in [0.1, 0.15) is 0 Å². The first-order chi connectivity index (χ1) is 12.3. The third-order valence-corrected chi connectivity index (χ3v) is 6.03. The lowest BCUT2D eigenvalue weighted by atomic mass is 10.1. The Kier molecular flexibility index (Phi) is 5.32. The zero-order valence-corrected chi connectivity index (χ0v) is 15.9. The molecule has 0 saturated heterocycles. The highest BCUT2D eigenvalue weighted by Crippen LogP contribution is 2.26. The maximum Gasteiger partial charge on any atom is 0.261 e. The fraction of sp³-hybridized carbons (Fsp3) is 0.350. The van der Waals surface area contributed by atoms with E-state index >= 15 is 0 Å². The minimum Gasteiger partial charge on any atom is -0.326 e. The van der Waals surface area contributed by atoms with Gasteiger partial charge in [-0.15, -0.1) is 0 Å². The van der Waals surface area contributed by atoms with Gasteiger partial charge in [0.05, 0.1) is 4.90 Å². The summed E-state index contributed by atoms with van der Waals surface area (Å²) >= 11 is 0. The van der Waals surface area contributed by atoms with E-state index in [-0.39, 0.29) is 16.7 Å². The molecular weight excluding hydrogens is 348 g/mol. The van der Waals surface area contributed by atoms with Crippen LogP contribution < -0.4 is 10.0 Å². The number of sulfonamides is 1. The molecule has 0 aliphatic heterocycles. The van der Waals surface area contributed by atoms with E-state index in [2.05, 4.69) is 10.0 Å². The van der Waals surface area contributed by atoms with Gasteiger partial charge in [0.2, 0.25) is 5.91 Å². The van der Waals surface area contributed by atoms with Crippen LogP contribution in [0.3, 0.4) is 0 Å². The standard InChI is InChI=1S/C20H24N2O3S/c1-14-11-15(2)13-18(12-14)22-26(24,25)19-9-7-17(8-10-19)21-20(23)16-5-3-4-6-16/h7-13,16,22H,3-6H2,1-2H3,(H,21,23). The topological polar surface area (TPSA) is 75.3 Å². The van der Waals surface area contributed by atoms with Crippen molar-refractivity contribution in [2.24, 2.45) is 5.92 Å². The lowest BCUT2D eigenvalue weighted by Gasteiger charge is -2.12. The van der Waals surface area contributed by atoms with Crippen LogP contribution in [0, 0.1) is 19.8 Å². The van der Waals surface area contributed by atoms with Gasteiger partial charge in [0.15, 0.2) is 0 Å². The van der Waals surface area contributed by atoms with Gasteiger partial charge in [-0.05, 0) is 74.2 Å². The first-order valence-corrected chi connectivity index (χ1v) is 10.3. The monoisotopic (exact) mass is 372 g/mol. The molecule has 1 aliphatic carbocycles. The smallest absolute Gasteiger partial charge is 0.261 e. The zero-order valence-electron chi connectivity index (χ0n) is 15.1. The average molecular weight is 372 g/mol. The number of anilines is 2. The first-order valence-electron chi connectivity index (χ1n) is 8.85. The minimum atomic E-state index is -3.67. The SMILES string of the molecule is Cc1cc(C)cc(NS(=O)(=O)c2ccc(NC(=O)C3CCCC3)cc2)c1. The van der Waals surface area contributed by atoms with Gasteiger partial charge in [0, 0.05) is 17.3 Å². The Bertz CT molecular complexity index is 879. The summed E-state index contributed by atoms with van der Waals surface area (Å²) in [5.74, 6) is 0.0936. The van der Waals surface area contributed by atoms with Crippen molar-refractivity contribution in [3.63, 3.8) is 0 Å². The van der Waals surface area contributed by atoms with E-state index in [9.17, 15) is 13.2 Å². The van der Waals surface area contributed by atoms with E-state index < -0.39 is 10.0 Å². The highest BCUT2D eigenvalue weighted by Gasteiger charge is 2.22. The summed E-state index contributed by atoms with van der Waals surface area (Å²) in [6.07, 6.45) is 4.05. The molecule has 2 aromatic rings. The van der Waals surface area contributed by atoms with Crippen molar-refractivity contribution >= 4 is 27.3 Å². The van der Waals surface area contributed by atoms with Crippen LogP contribution in [0.5, 0.6) is 0 Å². The van der Waals surface area contributed by atoms with Gasteiger partial charge < -0.3 is 5.32 Å². The van der Waals surface area contributed by atoms with E-state index in [1.165, 1.54) is 12.1 Å². The Morgan fingerprint density at radius 1 is 0.923 bits per heavy atom. The number of aryl methyl sites for hydroxylation is 2. The minimum absolute atomic E-state index is 0.0199. The third-order valence-electron chi connectivity index (χ3n) is 4.63. The summed E-state index contributed by atoms with van der Waals surface area (Å²) in [5, 5.41) is 2.87. The number of hydrogen-bond donors (Lipinski definition) is 2. The zero-order chi connectivity index (χ0) is 18.7. The van der Waals surface area contributed by atoms with Crippen molar-refractivity contribution < 1.29 is 13.2 Å². The van der Waals surface area contributed by atoms with Crippen LogP contribution in [0.4, 0.5) is 11.4 Å². The Labute approximate surface area is 154 Å². The molecule has 26 heavy (non-hydrogen) atoms. The second kappa shape index (κ2) is 7.50. The number of amides is 1. The summed E-state index contributed by atoms with van der Waals surface area (Å²) < 4.78 is 27.7. The number of benzene rings is 2. The lowest BCUT2D eigenvalue weighted by Crippen LogP contribution is -2.20.